The summed E-state index contributed by atoms with van der Waals surface area (Å²) >= 11 is 10.2. The lowest BCUT2D eigenvalue weighted by atomic mass is 10.1. The molecule has 0 aromatic carbocycles. The Labute approximate surface area is 76.7 Å². The van der Waals surface area contributed by atoms with Gasteiger partial charge in [0.1, 0.15) is 0 Å². The van der Waals surface area contributed by atoms with Crippen LogP contribution >= 0.6 is 23.2 Å². The highest BCUT2D eigenvalue weighted by Gasteiger charge is 2.22. The van der Waals surface area contributed by atoms with Crippen LogP contribution in [0.3, 0.4) is 0 Å². The summed E-state index contributed by atoms with van der Waals surface area (Å²) in [4.78, 5) is 21.4. The lowest BCUT2D eigenvalue weighted by Crippen LogP contribution is -2.31. The fourth-order valence-electron chi connectivity index (χ4n) is 0.605. The molecule has 1 aliphatic carbocycles. The number of Topliss-reactive ketones (excluding diaryl/α,β-unsaturated/α-hetero) is 2. The van der Waals surface area contributed by atoms with Crippen molar-refractivity contribution in [2.75, 3.05) is 0 Å². The summed E-state index contributed by atoms with van der Waals surface area (Å²) in [6, 6.07) is 0. The molecule has 64 valence electrons. The summed E-state index contributed by atoms with van der Waals surface area (Å²) < 4.78 is 0. The van der Waals surface area contributed by atoms with Crippen molar-refractivity contribution in [1.82, 2.24) is 0 Å². The van der Waals surface area contributed by atoms with Gasteiger partial charge in [0.05, 0.1) is 10.1 Å². The molecule has 0 atom stereocenters. The van der Waals surface area contributed by atoms with E-state index >= 15 is 0 Å². The maximum absolute atomic E-state index is 10.7. The number of allylic oxidation sites excluding steroid dienone is 2. The third-order valence-electron chi connectivity index (χ3n) is 1.21. The van der Waals surface area contributed by atoms with Gasteiger partial charge in [-0.2, -0.15) is 0 Å². The van der Waals surface area contributed by atoms with Crippen molar-refractivity contribution in [2.45, 2.75) is 0 Å². The molecule has 0 N–H and O–H groups in total. The topological polar surface area (TPSA) is 80.3 Å². The van der Waals surface area contributed by atoms with E-state index in [9.17, 15) is 19.8 Å². The first-order chi connectivity index (χ1) is 5.46. The van der Waals surface area contributed by atoms with Gasteiger partial charge in [-0.3, -0.25) is 9.59 Å². The van der Waals surface area contributed by atoms with Crippen LogP contribution in [-0.2, 0) is 9.59 Å². The van der Waals surface area contributed by atoms with Gasteiger partial charge in [-0.15, -0.1) is 0 Å². The van der Waals surface area contributed by atoms with Gasteiger partial charge in [0.25, 0.3) is 0 Å². The monoisotopic (exact) mass is 206 g/mol. The van der Waals surface area contributed by atoms with Crippen molar-refractivity contribution in [3.05, 3.63) is 21.6 Å². The molecule has 6 heteroatoms. The largest absolute Gasteiger partial charge is 0.869 e. The zero-order chi connectivity index (χ0) is 9.46. The van der Waals surface area contributed by atoms with Crippen molar-refractivity contribution < 1.29 is 19.8 Å². The molecule has 0 unspecified atom stereocenters. The second kappa shape index (κ2) is 2.80. The zero-order valence-corrected chi connectivity index (χ0v) is 6.90. The fraction of sp³-hybridized carbons (Fsp3) is 0. The Hall–Kier alpha value is -1.00. The molecule has 1 aliphatic rings. The molecule has 1 rings (SSSR count). The van der Waals surface area contributed by atoms with E-state index < -0.39 is 33.1 Å². The van der Waals surface area contributed by atoms with E-state index in [0.717, 1.165) is 0 Å². The first-order valence-corrected chi connectivity index (χ1v) is 3.45. The second-order valence-electron chi connectivity index (χ2n) is 1.94. The third kappa shape index (κ3) is 1.09. The van der Waals surface area contributed by atoms with E-state index in [1.807, 2.05) is 0 Å². The van der Waals surface area contributed by atoms with E-state index in [0.29, 0.717) is 0 Å². The Kier molecular flexibility index (Phi) is 2.12. The van der Waals surface area contributed by atoms with Crippen LogP contribution in [0.15, 0.2) is 21.6 Å². The molecule has 0 amide bonds. The Morgan fingerprint density at radius 1 is 0.833 bits per heavy atom. The summed E-state index contributed by atoms with van der Waals surface area (Å²) in [5.74, 6) is -4.92. The van der Waals surface area contributed by atoms with Crippen LogP contribution in [0.1, 0.15) is 0 Å². The highest BCUT2D eigenvalue weighted by molar-refractivity contribution is 6.55. The van der Waals surface area contributed by atoms with Gasteiger partial charge in [-0.05, 0) is 11.5 Å². The van der Waals surface area contributed by atoms with E-state index in [1.54, 1.807) is 0 Å². The molecular weight excluding hydrogens is 207 g/mol. The van der Waals surface area contributed by atoms with E-state index in [2.05, 4.69) is 0 Å². The molecule has 0 aliphatic heterocycles. The molecule has 0 saturated heterocycles. The van der Waals surface area contributed by atoms with Crippen LogP contribution in [0.4, 0.5) is 0 Å². The summed E-state index contributed by atoms with van der Waals surface area (Å²) in [6.07, 6.45) is 0. The highest BCUT2D eigenvalue weighted by atomic mass is 35.5. The van der Waals surface area contributed by atoms with E-state index in [4.69, 9.17) is 23.2 Å². The van der Waals surface area contributed by atoms with E-state index in [1.165, 1.54) is 0 Å². The first-order valence-electron chi connectivity index (χ1n) is 2.69. The van der Waals surface area contributed by atoms with Gasteiger partial charge >= 0.3 is 0 Å². The Morgan fingerprint density at radius 2 is 1.08 bits per heavy atom. The Bertz CT molecular complexity index is 277. The SMILES string of the molecule is O=C1C([O-])=C(Cl)C(=O)C([O-])=C1Cl. The van der Waals surface area contributed by atoms with Crippen LogP contribution in [0.5, 0.6) is 0 Å². The molecule has 0 heterocycles. The Balaban J connectivity index is 3.32. The lowest BCUT2D eigenvalue weighted by Gasteiger charge is -2.23. The summed E-state index contributed by atoms with van der Waals surface area (Å²) in [5.41, 5.74) is 0. The molecule has 0 radical (unpaired) electrons. The predicted octanol–water partition coefficient (Wildman–Crippen LogP) is -1.24. The quantitative estimate of drug-likeness (QED) is 0.465. The molecule has 4 nitrogen and oxygen atoms in total. The minimum atomic E-state index is -1.23. The lowest BCUT2D eigenvalue weighted by molar-refractivity contribution is -0.307. The van der Waals surface area contributed by atoms with Crippen LogP contribution in [-0.4, -0.2) is 11.6 Å². The minimum absolute atomic E-state index is 0.894. The summed E-state index contributed by atoms with van der Waals surface area (Å²) in [6.45, 7) is 0. The van der Waals surface area contributed by atoms with Crippen molar-refractivity contribution in [3.8, 4) is 0 Å². The highest BCUT2D eigenvalue weighted by Crippen LogP contribution is 2.23. The maximum Gasteiger partial charge on any atom is 0.190 e. The number of rotatable bonds is 0. The first kappa shape index (κ1) is 9.09. The van der Waals surface area contributed by atoms with Gasteiger partial charge in [-0.25, -0.2) is 0 Å². The van der Waals surface area contributed by atoms with Crippen molar-refractivity contribution in [3.63, 3.8) is 0 Å². The number of ketones is 2. The summed E-state index contributed by atoms with van der Waals surface area (Å²) in [7, 11) is 0. The zero-order valence-electron chi connectivity index (χ0n) is 5.39. The van der Waals surface area contributed by atoms with Gasteiger partial charge < -0.3 is 10.2 Å². The average molecular weight is 207 g/mol. The normalized spacial score (nSPS) is 19.2. The van der Waals surface area contributed by atoms with Crippen LogP contribution in [0, 0.1) is 0 Å². The molecule has 0 bridgehead atoms. The van der Waals surface area contributed by atoms with Gasteiger partial charge in [-0.1, -0.05) is 23.2 Å². The number of hydrogen-bond acceptors (Lipinski definition) is 4. The van der Waals surface area contributed by atoms with Gasteiger partial charge in [0, 0.05) is 0 Å². The smallest absolute Gasteiger partial charge is 0.190 e. The third-order valence-corrected chi connectivity index (χ3v) is 1.90. The van der Waals surface area contributed by atoms with E-state index in [-0.39, 0.29) is 0 Å². The number of carbonyl (C=O) groups is 2. The van der Waals surface area contributed by atoms with Gasteiger partial charge in [0.15, 0.2) is 11.6 Å². The molecule has 0 saturated carbocycles. The molecule has 0 aromatic heterocycles. The molecular formula is C6Cl2O4-2. The van der Waals surface area contributed by atoms with Gasteiger partial charge in [0.2, 0.25) is 0 Å². The molecule has 0 spiro atoms. The van der Waals surface area contributed by atoms with Crippen LogP contribution in [0.25, 0.3) is 0 Å². The molecule has 0 aromatic rings. The number of halogens is 2. The van der Waals surface area contributed by atoms with Crippen molar-refractivity contribution >= 4 is 34.8 Å². The Morgan fingerprint density at radius 3 is 1.33 bits per heavy atom. The fourth-order valence-corrected chi connectivity index (χ4v) is 0.948. The minimum Gasteiger partial charge on any atom is -0.869 e. The second-order valence-corrected chi connectivity index (χ2v) is 2.70. The average Bonchev–Trinajstić information content (AvgIpc) is 2.08. The van der Waals surface area contributed by atoms with Crippen LogP contribution < -0.4 is 10.2 Å². The predicted molar refractivity (Wildman–Crippen MR) is 35.8 cm³/mol. The van der Waals surface area contributed by atoms with Crippen LogP contribution in [0.2, 0.25) is 0 Å². The summed E-state index contributed by atoms with van der Waals surface area (Å²) in [5, 5.41) is 19.6. The molecule has 0 fully saturated rings. The number of carbonyl (C=O) groups excluding carboxylic acids is 2. The van der Waals surface area contributed by atoms with Crippen molar-refractivity contribution in [2.24, 2.45) is 0 Å². The van der Waals surface area contributed by atoms with Crippen molar-refractivity contribution in [1.29, 1.82) is 0 Å². The molecule has 12 heavy (non-hydrogen) atoms. The number of hydrogen-bond donors (Lipinski definition) is 0. The maximum atomic E-state index is 10.7. The standard InChI is InChI=1S/C6H2Cl2O4/c7-1-3(9)5(11)2(8)6(12)4(1)10/h9,12H/p-2.